The lowest BCUT2D eigenvalue weighted by Gasteiger charge is -2.03. The molecule has 0 aliphatic carbocycles. The Labute approximate surface area is 92.0 Å². The van der Waals surface area contributed by atoms with Crippen molar-refractivity contribution in [3.63, 3.8) is 0 Å². The Kier molecular flexibility index (Phi) is 2.40. The molecule has 1 aromatic heterocycles. The van der Waals surface area contributed by atoms with Gasteiger partial charge in [-0.3, -0.25) is 4.79 Å². The SMILES string of the molecule is COc1ccc(C)c2c(Cl)c(C=O)[nH]c12. The zero-order valence-electron chi connectivity index (χ0n) is 8.43. The lowest BCUT2D eigenvalue weighted by molar-refractivity contribution is 0.112. The van der Waals surface area contributed by atoms with Crippen molar-refractivity contribution >= 4 is 28.8 Å². The predicted octanol–water partition coefficient (Wildman–Crippen LogP) is 2.95. The molecule has 0 aliphatic rings. The molecule has 0 spiro atoms. The number of carbonyl (C=O) groups is 1. The van der Waals surface area contributed by atoms with Gasteiger partial charge in [-0.2, -0.15) is 0 Å². The lowest BCUT2D eigenvalue weighted by atomic mass is 10.1. The van der Waals surface area contributed by atoms with Crippen LogP contribution in [0.5, 0.6) is 5.75 Å². The highest BCUT2D eigenvalue weighted by Crippen LogP contribution is 2.34. The molecule has 1 aromatic carbocycles. The second kappa shape index (κ2) is 3.59. The number of aryl methyl sites for hydroxylation is 1. The largest absolute Gasteiger partial charge is 0.495 e. The van der Waals surface area contributed by atoms with Gasteiger partial charge in [-0.15, -0.1) is 0 Å². The van der Waals surface area contributed by atoms with Gasteiger partial charge in [0.15, 0.2) is 6.29 Å². The second-order valence-electron chi connectivity index (χ2n) is 3.31. The maximum absolute atomic E-state index is 10.8. The average Bonchev–Trinajstić information content (AvgIpc) is 2.57. The Morgan fingerprint density at radius 1 is 1.47 bits per heavy atom. The summed E-state index contributed by atoms with van der Waals surface area (Å²) >= 11 is 6.07. The molecule has 0 saturated heterocycles. The van der Waals surface area contributed by atoms with Gasteiger partial charge in [-0.05, 0) is 18.6 Å². The molecule has 4 heteroatoms. The van der Waals surface area contributed by atoms with E-state index in [4.69, 9.17) is 16.3 Å². The Morgan fingerprint density at radius 2 is 2.20 bits per heavy atom. The molecule has 0 saturated carbocycles. The van der Waals surface area contributed by atoms with Crippen molar-refractivity contribution in [2.24, 2.45) is 0 Å². The van der Waals surface area contributed by atoms with E-state index in [1.165, 1.54) is 0 Å². The smallest absolute Gasteiger partial charge is 0.167 e. The number of H-pyrrole nitrogens is 1. The fourth-order valence-corrected chi connectivity index (χ4v) is 2.01. The topological polar surface area (TPSA) is 42.1 Å². The molecule has 0 aliphatic heterocycles. The van der Waals surface area contributed by atoms with Gasteiger partial charge in [-0.1, -0.05) is 17.7 Å². The monoisotopic (exact) mass is 223 g/mol. The van der Waals surface area contributed by atoms with E-state index in [2.05, 4.69) is 4.98 Å². The number of benzene rings is 1. The third-order valence-corrected chi connectivity index (χ3v) is 2.82. The number of methoxy groups -OCH3 is 1. The van der Waals surface area contributed by atoms with Crippen LogP contribution in [0.4, 0.5) is 0 Å². The number of rotatable bonds is 2. The number of carbonyl (C=O) groups excluding carboxylic acids is 1. The molecular formula is C11H10ClNO2. The molecule has 78 valence electrons. The minimum absolute atomic E-state index is 0.388. The fraction of sp³-hybridized carbons (Fsp3) is 0.182. The standard InChI is InChI=1S/C11H10ClNO2/c1-6-3-4-8(15-2)11-9(6)10(12)7(5-14)13-11/h3-5,13H,1-2H3. The van der Waals surface area contributed by atoms with E-state index in [9.17, 15) is 4.79 Å². The Balaban J connectivity index is 2.91. The van der Waals surface area contributed by atoms with Crippen LogP contribution in [0, 0.1) is 6.92 Å². The van der Waals surface area contributed by atoms with Crippen molar-refractivity contribution in [1.29, 1.82) is 0 Å². The van der Waals surface area contributed by atoms with E-state index in [-0.39, 0.29) is 0 Å². The highest BCUT2D eigenvalue weighted by atomic mass is 35.5. The van der Waals surface area contributed by atoms with Gasteiger partial charge in [-0.25, -0.2) is 0 Å². The van der Waals surface area contributed by atoms with Crippen LogP contribution in [-0.4, -0.2) is 18.4 Å². The zero-order chi connectivity index (χ0) is 11.0. The van der Waals surface area contributed by atoms with Crippen LogP contribution in [0.1, 0.15) is 16.1 Å². The summed E-state index contributed by atoms with van der Waals surface area (Å²) in [5, 5.41) is 1.30. The van der Waals surface area contributed by atoms with Crippen molar-refractivity contribution in [2.45, 2.75) is 6.92 Å². The van der Waals surface area contributed by atoms with Gasteiger partial charge in [0, 0.05) is 5.39 Å². The molecule has 1 heterocycles. The summed E-state index contributed by atoms with van der Waals surface area (Å²) in [4.78, 5) is 13.7. The summed E-state index contributed by atoms with van der Waals surface area (Å²) in [6, 6.07) is 3.76. The summed E-state index contributed by atoms with van der Waals surface area (Å²) in [5.41, 5.74) is 2.17. The molecule has 0 fully saturated rings. The first-order chi connectivity index (χ1) is 7.19. The van der Waals surface area contributed by atoms with Crippen molar-refractivity contribution < 1.29 is 9.53 Å². The van der Waals surface area contributed by atoms with Gasteiger partial charge >= 0.3 is 0 Å². The molecule has 0 radical (unpaired) electrons. The number of aromatic amines is 1. The van der Waals surface area contributed by atoms with Crippen LogP contribution in [-0.2, 0) is 0 Å². The lowest BCUT2D eigenvalue weighted by Crippen LogP contribution is -1.85. The number of hydrogen-bond acceptors (Lipinski definition) is 2. The first kappa shape index (κ1) is 10.1. The average molecular weight is 224 g/mol. The highest BCUT2D eigenvalue weighted by Gasteiger charge is 2.14. The third-order valence-electron chi connectivity index (χ3n) is 2.43. The van der Waals surface area contributed by atoms with E-state index >= 15 is 0 Å². The first-order valence-electron chi connectivity index (χ1n) is 4.49. The first-order valence-corrected chi connectivity index (χ1v) is 4.86. The quantitative estimate of drug-likeness (QED) is 0.796. The van der Waals surface area contributed by atoms with E-state index in [0.29, 0.717) is 22.8 Å². The van der Waals surface area contributed by atoms with E-state index in [0.717, 1.165) is 16.5 Å². The van der Waals surface area contributed by atoms with Gasteiger partial charge in [0.2, 0.25) is 0 Å². The summed E-state index contributed by atoms with van der Waals surface area (Å²) < 4.78 is 5.19. The van der Waals surface area contributed by atoms with Crippen LogP contribution in [0.25, 0.3) is 10.9 Å². The van der Waals surface area contributed by atoms with Crippen molar-refractivity contribution in [3.8, 4) is 5.75 Å². The molecule has 0 atom stereocenters. The van der Waals surface area contributed by atoms with Crippen LogP contribution >= 0.6 is 11.6 Å². The highest BCUT2D eigenvalue weighted by molar-refractivity contribution is 6.38. The molecule has 3 nitrogen and oxygen atoms in total. The summed E-state index contributed by atoms with van der Waals surface area (Å²) in [6.07, 6.45) is 0.710. The second-order valence-corrected chi connectivity index (χ2v) is 3.68. The minimum atomic E-state index is 0.388. The van der Waals surface area contributed by atoms with Gasteiger partial charge in [0.05, 0.1) is 23.3 Å². The van der Waals surface area contributed by atoms with E-state index < -0.39 is 0 Å². The van der Waals surface area contributed by atoms with Crippen LogP contribution < -0.4 is 4.74 Å². The third kappa shape index (κ3) is 1.39. The molecule has 0 unspecified atom stereocenters. The zero-order valence-corrected chi connectivity index (χ0v) is 9.18. The molecular weight excluding hydrogens is 214 g/mol. The van der Waals surface area contributed by atoms with Crippen LogP contribution in [0.2, 0.25) is 5.02 Å². The molecule has 0 bridgehead atoms. The van der Waals surface area contributed by atoms with Crippen molar-refractivity contribution in [3.05, 3.63) is 28.4 Å². The number of ether oxygens (including phenoxy) is 1. The number of aromatic nitrogens is 1. The van der Waals surface area contributed by atoms with Gasteiger partial charge < -0.3 is 9.72 Å². The number of aldehydes is 1. The Morgan fingerprint density at radius 3 is 2.80 bits per heavy atom. The van der Waals surface area contributed by atoms with Crippen molar-refractivity contribution in [2.75, 3.05) is 7.11 Å². The maximum atomic E-state index is 10.8. The summed E-state index contributed by atoms with van der Waals surface area (Å²) in [7, 11) is 1.58. The van der Waals surface area contributed by atoms with Crippen LogP contribution in [0.15, 0.2) is 12.1 Å². The summed E-state index contributed by atoms with van der Waals surface area (Å²) in [6.45, 7) is 1.94. The Hall–Kier alpha value is -1.48. The summed E-state index contributed by atoms with van der Waals surface area (Å²) in [5.74, 6) is 0.686. The molecule has 2 aromatic rings. The number of fused-ring (bicyclic) bond motifs is 1. The molecule has 15 heavy (non-hydrogen) atoms. The van der Waals surface area contributed by atoms with E-state index in [1.807, 2.05) is 19.1 Å². The molecule has 1 N–H and O–H groups in total. The Bertz CT molecular complexity index is 531. The minimum Gasteiger partial charge on any atom is -0.495 e. The maximum Gasteiger partial charge on any atom is 0.167 e. The van der Waals surface area contributed by atoms with Gasteiger partial charge in [0.1, 0.15) is 5.75 Å². The number of halogens is 1. The number of hydrogen-bond donors (Lipinski definition) is 1. The normalized spacial score (nSPS) is 10.6. The van der Waals surface area contributed by atoms with Crippen molar-refractivity contribution in [1.82, 2.24) is 4.98 Å². The molecule has 2 rings (SSSR count). The van der Waals surface area contributed by atoms with Gasteiger partial charge in [0.25, 0.3) is 0 Å². The predicted molar refractivity (Wildman–Crippen MR) is 60.0 cm³/mol. The molecule has 0 amide bonds. The van der Waals surface area contributed by atoms with E-state index in [1.54, 1.807) is 7.11 Å². The fourth-order valence-electron chi connectivity index (χ4n) is 1.67. The van der Waals surface area contributed by atoms with Crippen LogP contribution in [0.3, 0.4) is 0 Å². The number of nitrogens with one attached hydrogen (secondary N) is 1.